The van der Waals surface area contributed by atoms with E-state index >= 15 is 0 Å². The maximum absolute atomic E-state index is 12.8. The van der Waals surface area contributed by atoms with Gasteiger partial charge in [0, 0.05) is 25.7 Å². The molecule has 0 radical (unpaired) electrons. The maximum Gasteiger partial charge on any atom is 0.262 e. The van der Waals surface area contributed by atoms with Crippen molar-refractivity contribution < 1.29 is 9.53 Å². The van der Waals surface area contributed by atoms with Crippen LogP contribution in [0.5, 0.6) is 5.75 Å². The number of hydrogen-bond donors (Lipinski definition) is 1. The monoisotopic (exact) mass is 397 g/mol. The Morgan fingerprint density at radius 2 is 1.89 bits per heavy atom. The molecule has 146 valence electrons. The van der Waals surface area contributed by atoms with Gasteiger partial charge in [0.2, 0.25) is 0 Å². The van der Waals surface area contributed by atoms with E-state index in [2.05, 4.69) is 4.98 Å². The lowest BCUT2D eigenvalue weighted by molar-refractivity contribution is 0.0785. The van der Waals surface area contributed by atoms with Crippen LogP contribution in [0.1, 0.15) is 29.8 Å². The van der Waals surface area contributed by atoms with Crippen molar-refractivity contribution in [2.75, 3.05) is 13.7 Å². The second-order valence-electron chi connectivity index (χ2n) is 6.48. The first-order valence-corrected chi connectivity index (χ1v) is 9.59. The number of aromatic nitrogens is 2. The average Bonchev–Trinajstić information content (AvgIpc) is 2.69. The lowest BCUT2D eigenvalue weighted by Crippen LogP contribution is -2.26. The van der Waals surface area contributed by atoms with Gasteiger partial charge >= 0.3 is 0 Å². The molecule has 0 atom stereocenters. The van der Waals surface area contributed by atoms with E-state index in [1.807, 2.05) is 38.1 Å². The molecule has 3 aromatic rings. The zero-order valence-corrected chi connectivity index (χ0v) is 17.0. The quantitative estimate of drug-likeness (QED) is 0.643. The van der Waals surface area contributed by atoms with Crippen LogP contribution in [-0.2, 0) is 13.1 Å². The largest absolute Gasteiger partial charge is 0.494 e. The van der Waals surface area contributed by atoms with Crippen LogP contribution in [0.3, 0.4) is 0 Å². The first-order chi connectivity index (χ1) is 13.4. The average molecular weight is 398 g/mol. The summed E-state index contributed by atoms with van der Waals surface area (Å²) < 4.78 is 7.29. The Labute approximate surface area is 168 Å². The SMILES string of the molecule is CCOc1ccc(CN(C)C(=O)c2ccc3c(=O)n(CC)c(=S)[nH]c3c2)cc1. The highest BCUT2D eigenvalue weighted by atomic mass is 32.1. The topological polar surface area (TPSA) is 67.3 Å². The summed E-state index contributed by atoms with van der Waals surface area (Å²) in [6, 6.07) is 12.7. The zero-order valence-electron chi connectivity index (χ0n) is 16.2. The zero-order chi connectivity index (χ0) is 20.3. The van der Waals surface area contributed by atoms with Crippen LogP contribution in [0.2, 0.25) is 0 Å². The van der Waals surface area contributed by atoms with Crippen molar-refractivity contribution in [2.24, 2.45) is 0 Å². The highest BCUT2D eigenvalue weighted by molar-refractivity contribution is 7.71. The van der Waals surface area contributed by atoms with E-state index in [4.69, 9.17) is 17.0 Å². The summed E-state index contributed by atoms with van der Waals surface area (Å²) in [5, 5.41) is 0.515. The fourth-order valence-corrected chi connectivity index (χ4v) is 3.42. The number of nitrogens with one attached hydrogen (secondary N) is 1. The number of fused-ring (bicyclic) bond motifs is 1. The number of aromatic amines is 1. The van der Waals surface area contributed by atoms with E-state index in [0.717, 1.165) is 11.3 Å². The number of amides is 1. The molecule has 1 N–H and O–H groups in total. The van der Waals surface area contributed by atoms with E-state index in [9.17, 15) is 9.59 Å². The highest BCUT2D eigenvalue weighted by Crippen LogP contribution is 2.16. The lowest BCUT2D eigenvalue weighted by atomic mass is 10.1. The molecule has 0 unspecified atom stereocenters. The molecular weight excluding hydrogens is 374 g/mol. The van der Waals surface area contributed by atoms with Gasteiger partial charge in [-0.25, -0.2) is 0 Å². The van der Waals surface area contributed by atoms with Crippen molar-refractivity contribution >= 4 is 29.0 Å². The minimum atomic E-state index is -0.150. The Kier molecular flexibility index (Phi) is 5.94. The molecule has 0 saturated carbocycles. The maximum atomic E-state index is 12.8. The summed E-state index contributed by atoms with van der Waals surface area (Å²) in [6.45, 7) is 5.39. The third-order valence-corrected chi connectivity index (χ3v) is 4.87. The van der Waals surface area contributed by atoms with Crippen molar-refractivity contribution in [3.05, 3.63) is 68.7 Å². The highest BCUT2D eigenvalue weighted by Gasteiger charge is 2.14. The van der Waals surface area contributed by atoms with Gasteiger partial charge in [0.25, 0.3) is 11.5 Å². The number of hydrogen-bond acceptors (Lipinski definition) is 4. The Morgan fingerprint density at radius 1 is 1.18 bits per heavy atom. The predicted molar refractivity (Wildman–Crippen MR) is 112 cm³/mol. The fourth-order valence-electron chi connectivity index (χ4n) is 3.10. The molecule has 1 amide bonds. The third-order valence-electron chi connectivity index (χ3n) is 4.55. The van der Waals surface area contributed by atoms with E-state index in [0.29, 0.717) is 40.9 Å². The molecule has 0 bridgehead atoms. The van der Waals surface area contributed by atoms with Gasteiger partial charge in [-0.05, 0) is 62.0 Å². The van der Waals surface area contributed by atoms with Gasteiger partial charge in [-0.2, -0.15) is 0 Å². The summed E-state index contributed by atoms with van der Waals surface area (Å²) in [5.74, 6) is 0.678. The van der Waals surface area contributed by atoms with Gasteiger partial charge in [0.15, 0.2) is 4.77 Å². The van der Waals surface area contributed by atoms with Gasteiger partial charge in [0.05, 0.1) is 17.5 Å². The number of carbonyl (C=O) groups is 1. The molecule has 0 saturated heterocycles. The number of H-pyrrole nitrogens is 1. The molecule has 6 nitrogen and oxygen atoms in total. The Balaban J connectivity index is 1.84. The van der Waals surface area contributed by atoms with E-state index < -0.39 is 0 Å². The van der Waals surface area contributed by atoms with E-state index in [1.54, 1.807) is 30.1 Å². The van der Waals surface area contributed by atoms with E-state index in [-0.39, 0.29) is 11.5 Å². The first kappa shape index (κ1) is 19.8. The summed E-state index contributed by atoms with van der Waals surface area (Å²) in [7, 11) is 1.75. The van der Waals surface area contributed by atoms with Crippen LogP contribution >= 0.6 is 12.2 Å². The van der Waals surface area contributed by atoms with Crippen molar-refractivity contribution in [3.8, 4) is 5.75 Å². The molecule has 3 rings (SSSR count). The van der Waals surface area contributed by atoms with Gasteiger partial charge < -0.3 is 14.6 Å². The fraction of sp³-hybridized carbons (Fsp3) is 0.286. The first-order valence-electron chi connectivity index (χ1n) is 9.18. The minimum Gasteiger partial charge on any atom is -0.494 e. The Hall–Kier alpha value is -2.93. The van der Waals surface area contributed by atoms with Crippen LogP contribution in [0.25, 0.3) is 10.9 Å². The van der Waals surface area contributed by atoms with Crippen molar-refractivity contribution in [2.45, 2.75) is 26.9 Å². The molecule has 0 spiro atoms. The number of nitrogens with zero attached hydrogens (tertiary/aromatic N) is 2. The summed E-state index contributed by atoms with van der Waals surface area (Å²) in [4.78, 5) is 30.0. The molecule has 28 heavy (non-hydrogen) atoms. The summed E-state index contributed by atoms with van der Waals surface area (Å²) >= 11 is 5.24. The summed E-state index contributed by atoms with van der Waals surface area (Å²) in [5.41, 5.74) is 1.92. The van der Waals surface area contributed by atoms with Gasteiger partial charge in [-0.3, -0.25) is 14.2 Å². The van der Waals surface area contributed by atoms with Crippen LogP contribution in [0.4, 0.5) is 0 Å². The number of rotatable bonds is 6. The van der Waals surface area contributed by atoms with Gasteiger partial charge in [-0.15, -0.1) is 0 Å². The molecule has 2 aromatic carbocycles. The van der Waals surface area contributed by atoms with Crippen molar-refractivity contribution in [3.63, 3.8) is 0 Å². The molecule has 1 aromatic heterocycles. The lowest BCUT2D eigenvalue weighted by Gasteiger charge is -2.18. The smallest absolute Gasteiger partial charge is 0.262 e. The Morgan fingerprint density at radius 3 is 2.54 bits per heavy atom. The summed E-state index contributed by atoms with van der Waals surface area (Å²) in [6.07, 6.45) is 0. The number of benzene rings is 2. The van der Waals surface area contributed by atoms with Gasteiger partial charge in [-0.1, -0.05) is 12.1 Å². The molecule has 0 aliphatic heterocycles. The predicted octanol–water partition coefficient (Wildman–Crippen LogP) is 3.75. The standard InChI is InChI=1S/C21H23N3O3S/c1-4-24-20(26)17-11-8-15(12-18(17)22-21(24)28)19(25)23(3)13-14-6-9-16(10-7-14)27-5-2/h6-12H,4-5,13H2,1-3H3,(H,22,28). The van der Waals surface area contributed by atoms with Crippen LogP contribution < -0.4 is 10.3 Å². The normalized spacial score (nSPS) is 10.8. The van der Waals surface area contributed by atoms with Crippen LogP contribution in [-0.4, -0.2) is 34.0 Å². The second kappa shape index (κ2) is 8.39. The second-order valence-corrected chi connectivity index (χ2v) is 6.86. The number of ether oxygens (including phenoxy) is 1. The van der Waals surface area contributed by atoms with Crippen molar-refractivity contribution in [1.82, 2.24) is 14.5 Å². The van der Waals surface area contributed by atoms with Crippen LogP contribution in [0.15, 0.2) is 47.3 Å². The number of carbonyl (C=O) groups excluding carboxylic acids is 1. The van der Waals surface area contributed by atoms with Crippen LogP contribution in [0, 0.1) is 4.77 Å². The molecule has 0 aliphatic rings. The molecule has 0 fully saturated rings. The molecule has 1 heterocycles. The van der Waals surface area contributed by atoms with Crippen molar-refractivity contribution in [1.29, 1.82) is 0 Å². The van der Waals surface area contributed by atoms with E-state index in [1.165, 1.54) is 4.57 Å². The third kappa shape index (κ3) is 3.99. The molecular formula is C21H23N3O3S. The minimum absolute atomic E-state index is 0.130. The molecule has 7 heteroatoms. The van der Waals surface area contributed by atoms with Gasteiger partial charge in [0.1, 0.15) is 5.75 Å². The Bertz CT molecular complexity index is 1120. The molecule has 0 aliphatic carbocycles.